The second-order valence-electron chi connectivity index (χ2n) is 5.69. The lowest BCUT2D eigenvalue weighted by molar-refractivity contribution is 0.594. The summed E-state index contributed by atoms with van der Waals surface area (Å²) in [5.41, 5.74) is 2.41. The van der Waals surface area contributed by atoms with E-state index in [-0.39, 0.29) is 9.79 Å². The van der Waals surface area contributed by atoms with Gasteiger partial charge in [-0.3, -0.25) is 0 Å². The van der Waals surface area contributed by atoms with Gasteiger partial charge in [-0.1, -0.05) is 17.7 Å². The largest absolute Gasteiger partial charge is 0.312 e. The normalized spacial score (nSPS) is 14.6. The van der Waals surface area contributed by atoms with Gasteiger partial charge in [0.25, 0.3) is 0 Å². The number of thioether (sulfide) groups is 1. The lowest BCUT2D eigenvalue weighted by Gasteiger charge is -2.17. The van der Waals surface area contributed by atoms with Crippen LogP contribution in [0.4, 0.5) is 0 Å². The fourth-order valence-corrected chi connectivity index (χ4v) is 5.69. The second kappa shape index (κ2) is 6.28. The third-order valence-corrected chi connectivity index (χ3v) is 7.00. The number of benzene rings is 1. The van der Waals surface area contributed by atoms with Crippen molar-refractivity contribution in [2.75, 3.05) is 12.8 Å². The highest BCUT2D eigenvalue weighted by Crippen LogP contribution is 2.33. The Labute approximate surface area is 154 Å². The van der Waals surface area contributed by atoms with Crippen LogP contribution in [0.1, 0.15) is 11.3 Å². The van der Waals surface area contributed by atoms with E-state index in [4.69, 9.17) is 11.6 Å². The zero-order chi connectivity index (χ0) is 17.6. The van der Waals surface area contributed by atoms with Gasteiger partial charge in [0, 0.05) is 36.3 Å². The van der Waals surface area contributed by atoms with Gasteiger partial charge in [0.15, 0.2) is 10.5 Å². The number of fused-ring (bicyclic) bond motifs is 3. The average Bonchev–Trinajstić information content (AvgIpc) is 3.01. The predicted molar refractivity (Wildman–Crippen MR) is 97.1 cm³/mol. The Morgan fingerprint density at radius 2 is 2.20 bits per heavy atom. The molecule has 4 rings (SSSR count). The van der Waals surface area contributed by atoms with Gasteiger partial charge >= 0.3 is 0 Å². The molecule has 3 aromatic rings. The van der Waals surface area contributed by atoms with Crippen LogP contribution in [0, 0.1) is 0 Å². The van der Waals surface area contributed by atoms with E-state index in [1.807, 2.05) is 6.26 Å². The Bertz CT molecular complexity index is 1080. The Kier molecular flexibility index (Phi) is 4.23. The summed E-state index contributed by atoms with van der Waals surface area (Å²) in [7, 11) is -3.78. The molecule has 0 saturated carbocycles. The number of hydrogen-bond acceptors (Lipinski definition) is 6. The van der Waals surface area contributed by atoms with Gasteiger partial charge in [-0.15, -0.1) is 11.8 Å². The fourth-order valence-electron chi connectivity index (χ4n) is 2.99. The maximum Gasteiger partial charge on any atom is 0.213 e. The molecule has 25 heavy (non-hydrogen) atoms. The van der Waals surface area contributed by atoms with Crippen molar-refractivity contribution in [3.63, 3.8) is 0 Å². The number of aromatic nitrogens is 3. The topological polar surface area (TPSA) is 76.4 Å². The smallest absolute Gasteiger partial charge is 0.213 e. The molecule has 0 fully saturated rings. The molecule has 1 N–H and O–H groups in total. The zero-order valence-corrected chi connectivity index (χ0v) is 15.7. The summed E-state index contributed by atoms with van der Waals surface area (Å²) in [6.45, 7) is 1.54. The van der Waals surface area contributed by atoms with Gasteiger partial charge in [0.05, 0.1) is 10.6 Å². The monoisotopic (exact) mass is 394 g/mol. The van der Waals surface area contributed by atoms with Crippen LogP contribution in [0.15, 0.2) is 45.3 Å². The van der Waals surface area contributed by atoms with Gasteiger partial charge in [-0.05, 0) is 24.5 Å². The number of sulfone groups is 1. The lowest BCUT2D eigenvalue weighted by atomic mass is 10.1. The first-order chi connectivity index (χ1) is 12.0. The van der Waals surface area contributed by atoms with E-state index in [0.717, 1.165) is 24.2 Å². The van der Waals surface area contributed by atoms with E-state index < -0.39 is 9.84 Å². The van der Waals surface area contributed by atoms with Crippen molar-refractivity contribution >= 4 is 38.8 Å². The summed E-state index contributed by atoms with van der Waals surface area (Å²) < 4.78 is 28.1. The molecule has 130 valence electrons. The van der Waals surface area contributed by atoms with E-state index >= 15 is 0 Å². The van der Waals surface area contributed by atoms with Crippen LogP contribution < -0.4 is 5.32 Å². The number of hydrogen-bond donors (Lipinski definition) is 1. The maximum atomic E-state index is 13.2. The molecule has 1 aromatic carbocycles. The average molecular weight is 395 g/mol. The lowest BCUT2D eigenvalue weighted by Crippen LogP contribution is -2.26. The quantitative estimate of drug-likeness (QED) is 0.688. The molecule has 0 bridgehead atoms. The molecule has 0 radical (unpaired) electrons. The van der Waals surface area contributed by atoms with E-state index in [0.29, 0.717) is 22.2 Å². The third kappa shape index (κ3) is 2.73. The molecule has 0 amide bonds. The van der Waals surface area contributed by atoms with E-state index in [1.165, 1.54) is 23.9 Å². The number of nitrogens with one attached hydrogen (secondary N) is 1. The molecule has 6 nitrogen and oxygen atoms in total. The maximum absolute atomic E-state index is 13.2. The zero-order valence-electron chi connectivity index (χ0n) is 13.4. The van der Waals surface area contributed by atoms with Gasteiger partial charge in [-0.2, -0.15) is 5.10 Å². The van der Waals surface area contributed by atoms with Crippen molar-refractivity contribution in [3.05, 3.63) is 46.7 Å². The molecule has 0 saturated heterocycles. The van der Waals surface area contributed by atoms with Crippen molar-refractivity contribution < 1.29 is 8.42 Å². The van der Waals surface area contributed by atoms with Crippen LogP contribution in [0.3, 0.4) is 0 Å². The van der Waals surface area contributed by atoms with Crippen LogP contribution in [-0.2, 0) is 22.8 Å². The Morgan fingerprint density at radius 1 is 1.36 bits per heavy atom. The highest BCUT2D eigenvalue weighted by atomic mass is 35.5. The Balaban J connectivity index is 2.01. The number of rotatable bonds is 3. The van der Waals surface area contributed by atoms with Crippen molar-refractivity contribution in [2.45, 2.75) is 27.8 Å². The molecule has 1 aliphatic rings. The standard InChI is InChI=1S/C16H15ClN4O2S2/c1-24-16-14(25(22,23)12-4-2-3-11(17)7-12)15-19-9-10-8-18-6-5-13(10)21(15)20-16/h2-4,7,9,18H,5-6,8H2,1H3. The van der Waals surface area contributed by atoms with Crippen molar-refractivity contribution in [1.82, 2.24) is 19.9 Å². The van der Waals surface area contributed by atoms with E-state index in [1.54, 1.807) is 22.8 Å². The molecule has 2 aromatic heterocycles. The van der Waals surface area contributed by atoms with Gasteiger partial charge in [0.2, 0.25) is 9.84 Å². The highest BCUT2D eigenvalue weighted by Gasteiger charge is 2.30. The highest BCUT2D eigenvalue weighted by molar-refractivity contribution is 7.99. The number of halogens is 1. The first-order valence-corrected chi connectivity index (χ1v) is 10.8. The summed E-state index contributed by atoms with van der Waals surface area (Å²) >= 11 is 7.28. The molecule has 0 atom stereocenters. The fraction of sp³-hybridized carbons (Fsp3) is 0.250. The molecule has 9 heteroatoms. The van der Waals surface area contributed by atoms with Crippen LogP contribution >= 0.6 is 23.4 Å². The van der Waals surface area contributed by atoms with Crippen LogP contribution in [0.5, 0.6) is 0 Å². The first kappa shape index (κ1) is 16.8. The SMILES string of the molecule is CSc1nn2c3c(cnc2c1S(=O)(=O)c1cccc(Cl)c1)CNCC3. The van der Waals surface area contributed by atoms with Crippen LogP contribution in [0.2, 0.25) is 5.02 Å². The van der Waals surface area contributed by atoms with E-state index in [9.17, 15) is 8.42 Å². The van der Waals surface area contributed by atoms with Crippen LogP contribution in [-0.4, -0.2) is 35.8 Å². The molecule has 3 heterocycles. The summed E-state index contributed by atoms with van der Waals surface area (Å²) in [6, 6.07) is 6.26. The summed E-state index contributed by atoms with van der Waals surface area (Å²) in [4.78, 5) is 4.70. The molecule has 0 aliphatic carbocycles. The van der Waals surface area contributed by atoms with Crippen molar-refractivity contribution in [2.24, 2.45) is 0 Å². The second-order valence-corrected chi connectivity index (χ2v) is 8.81. The third-order valence-electron chi connectivity index (χ3n) is 4.18. The Morgan fingerprint density at radius 3 is 2.96 bits per heavy atom. The minimum absolute atomic E-state index is 0.142. The molecular weight excluding hydrogens is 380 g/mol. The molecular formula is C16H15ClN4O2S2. The summed E-state index contributed by atoms with van der Waals surface area (Å²) in [5.74, 6) is 0. The molecule has 0 unspecified atom stereocenters. The van der Waals surface area contributed by atoms with Crippen molar-refractivity contribution in [1.29, 1.82) is 0 Å². The Hall–Kier alpha value is -1.61. The van der Waals surface area contributed by atoms with Gasteiger partial charge in [0.1, 0.15) is 5.03 Å². The first-order valence-electron chi connectivity index (χ1n) is 7.67. The summed E-state index contributed by atoms with van der Waals surface area (Å²) in [6.07, 6.45) is 4.33. The minimum atomic E-state index is -3.78. The molecule has 1 aliphatic heterocycles. The minimum Gasteiger partial charge on any atom is -0.312 e. The summed E-state index contributed by atoms with van der Waals surface area (Å²) in [5, 5.41) is 8.64. The molecule has 0 spiro atoms. The van der Waals surface area contributed by atoms with E-state index in [2.05, 4.69) is 15.4 Å². The van der Waals surface area contributed by atoms with Crippen LogP contribution in [0.25, 0.3) is 5.65 Å². The number of nitrogens with zero attached hydrogens (tertiary/aromatic N) is 3. The van der Waals surface area contributed by atoms with Gasteiger partial charge in [-0.25, -0.2) is 17.9 Å². The van der Waals surface area contributed by atoms with Gasteiger partial charge < -0.3 is 5.32 Å². The van der Waals surface area contributed by atoms with Crippen molar-refractivity contribution in [3.8, 4) is 0 Å². The predicted octanol–water partition coefficient (Wildman–Crippen LogP) is 2.58.